The number of hydrogen-bond acceptors (Lipinski definition) is 6. The van der Waals surface area contributed by atoms with Crippen LogP contribution in [0, 0.1) is 19.8 Å². The first-order chi connectivity index (χ1) is 19.9. The van der Waals surface area contributed by atoms with Gasteiger partial charge in [-0.1, -0.05) is 65.4 Å². The Hall–Kier alpha value is -3.88. The van der Waals surface area contributed by atoms with Gasteiger partial charge in [-0.15, -0.1) is 5.10 Å². The second-order valence-corrected chi connectivity index (χ2v) is 11.7. The molecule has 1 fully saturated rings. The molecule has 1 aliphatic carbocycles. The first-order valence-corrected chi connectivity index (χ1v) is 14.6. The SMILES string of the molecule is Cc1cccc(Cn2cc(C(CCN[C@@H]3C[C@@H](Cc4ccccc4)[C@H](O)C3)c3cc(C)nc4c3nnn4C)cn2)c1. The Labute approximate surface area is 241 Å². The topological polar surface area (TPSA) is 93.7 Å². The van der Waals surface area contributed by atoms with Gasteiger partial charge in [-0.25, -0.2) is 9.67 Å². The van der Waals surface area contributed by atoms with Crippen molar-refractivity contribution in [3.8, 4) is 0 Å². The predicted molar refractivity (Wildman–Crippen MR) is 161 cm³/mol. The molecule has 6 rings (SSSR count). The Morgan fingerprint density at radius 2 is 1.85 bits per heavy atom. The van der Waals surface area contributed by atoms with E-state index in [4.69, 9.17) is 10.1 Å². The fourth-order valence-corrected chi connectivity index (χ4v) is 6.41. The summed E-state index contributed by atoms with van der Waals surface area (Å²) >= 11 is 0. The molecule has 2 N–H and O–H groups in total. The second kappa shape index (κ2) is 11.9. The number of nitrogens with one attached hydrogen (secondary N) is 1. The van der Waals surface area contributed by atoms with Gasteiger partial charge in [0.05, 0.1) is 18.8 Å². The summed E-state index contributed by atoms with van der Waals surface area (Å²) in [6.07, 6.45) is 7.46. The minimum Gasteiger partial charge on any atom is -0.393 e. The highest BCUT2D eigenvalue weighted by Gasteiger charge is 2.33. The van der Waals surface area contributed by atoms with Crippen LogP contribution >= 0.6 is 0 Å². The molecule has 1 aliphatic rings. The standard InChI is InChI=1S/C33H39N7O/c1-22-8-7-11-25(14-22)20-40-21-27(19-35-40)29(30-15-23(2)36-33-32(30)37-38-39(33)3)12-13-34-28-17-26(31(41)18-28)16-24-9-5-4-6-10-24/h4-11,14-15,19,21,26,28-29,31,34,41H,12-13,16-18,20H2,1-3H3/t26-,28-,29?,31-/m1/s1. The maximum absolute atomic E-state index is 10.8. The molecule has 0 radical (unpaired) electrons. The van der Waals surface area contributed by atoms with Gasteiger partial charge in [0, 0.05) is 30.9 Å². The molecule has 0 bridgehead atoms. The number of rotatable bonds is 10. The van der Waals surface area contributed by atoms with Crippen LogP contribution in [-0.2, 0) is 20.0 Å². The number of aliphatic hydroxyl groups excluding tert-OH is 1. The van der Waals surface area contributed by atoms with Gasteiger partial charge < -0.3 is 10.4 Å². The van der Waals surface area contributed by atoms with Crippen LogP contribution in [0.25, 0.3) is 11.2 Å². The number of benzene rings is 2. The maximum atomic E-state index is 10.8. The van der Waals surface area contributed by atoms with E-state index in [9.17, 15) is 5.11 Å². The zero-order valence-electron chi connectivity index (χ0n) is 24.1. The third-order valence-corrected chi connectivity index (χ3v) is 8.44. The van der Waals surface area contributed by atoms with E-state index in [1.807, 2.05) is 30.9 Å². The van der Waals surface area contributed by atoms with Gasteiger partial charge in [0.2, 0.25) is 0 Å². The van der Waals surface area contributed by atoms with Crippen LogP contribution in [-0.4, -0.2) is 53.6 Å². The molecule has 212 valence electrons. The van der Waals surface area contributed by atoms with Crippen molar-refractivity contribution in [3.05, 3.63) is 107 Å². The van der Waals surface area contributed by atoms with Gasteiger partial charge in [-0.2, -0.15) is 5.10 Å². The molecule has 3 heterocycles. The van der Waals surface area contributed by atoms with E-state index >= 15 is 0 Å². The highest BCUT2D eigenvalue weighted by atomic mass is 16.3. The van der Waals surface area contributed by atoms with E-state index in [1.54, 1.807) is 4.68 Å². The smallest absolute Gasteiger partial charge is 0.178 e. The molecule has 0 spiro atoms. The molecule has 41 heavy (non-hydrogen) atoms. The molecular weight excluding hydrogens is 510 g/mol. The van der Waals surface area contributed by atoms with Gasteiger partial charge in [0.15, 0.2) is 5.65 Å². The van der Waals surface area contributed by atoms with E-state index in [0.29, 0.717) is 6.04 Å². The van der Waals surface area contributed by atoms with Gasteiger partial charge >= 0.3 is 0 Å². The molecule has 8 nitrogen and oxygen atoms in total. The lowest BCUT2D eigenvalue weighted by Gasteiger charge is -2.19. The number of hydrogen-bond donors (Lipinski definition) is 2. The summed E-state index contributed by atoms with van der Waals surface area (Å²) in [5, 5.41) is 28.1. The third-order valence-electron chi connectivity index (χ3n) is 8.44. The largest absolute Gasteiger partial charge is 0.393 e. The molecule has 8 heteroatoms. The van der Waals surface area contributed by atoms with E-state index in [0.717, 1.165) is 66.8 Å². The molecule has 0 saturated heterocycles. The van der Waals surface area contributed by atoms with Crippen molar-refractivity contribution in [2.24, 2.45) is 13.0 Å². The summed E-state index contributed by atoms with van der Waals surface area (Å²) < 4.78 is 3.77. The minimum atomic E-state index is -0.273. The van der Waals surface area contributed by atoms with E-state index < -0.39 is 0 Å². The molecule has 5 aromatic rings. The quantitative estimate of drug-likeness (QED) is 0.262. The Morgan fingerprint density at radius 3 is 2.68 bits per heavy atom. The molecule has 4 atom stereocenters. The van der Waals surface area contributed by atoms with Crippen molar-refractivity contribution in [2.45, 2.75) is 64.1 Å². The number of aromatic nitrogens is 6. The Kier molecular flexibility index (Phi) is 7.94. The summed E-state index contributed by atoms with van der Waals surface area (Å²) in [6, 6.07) is 21.5. The first-order valence-electron chi connectivity index (χ1n) is 14.6. The summed E-state index contributed by atoms with van der Waals surface area (Å²) in [5.74, 6) is 0.369. The molecule has 0 amide bonds. The van der Waals surface area contributed by atoms with Crippen LogP contribution in [0.5, 0.6) is 0 Å². The summed E-state index contributed by atoms with van der Waals surface area (Å²) in [7, 11) is 1.89. The molecular formula is C33H39N7O. The number of fused-ring (bicyclic) bond motifs is 1. The van der Waals surface area contributed by atoms with Gasteiger partial charge in [-0.05, 0) is 80.3 Å². The average Bonchev–Trinajstić information content (AvgIpc) is 3.66. The van der Waals surface area contributed by atoms with Crippen molar-refractivity contribution < 1.29 is 5.11 Å². The minimum absolute atomic E-state index is 0.0844. The van der Waals surface area contributed by atoms with E-state index in [-0.39, 0.29) is 17.9 Å². The van der Waals surface area contributed by atoms with Crippen molar-refractivity contribution in [3.63, 3.8) is 0 Å². The Morgan fingerprint density at radius 1 is 1.02 bits per heavy atom. The molecule has 0 aliphatic heterocycles. The fraction of sp³-hybridized carbons (Fsp3) is 0.394. The fourth-order valence-electron chi connectivity index (χ4n) is 6.41. The lowest BCUT2D eigenvalue weighted by Crippen LogP contribution is -2.29. The van der Waals surface area contributed by atoms with Crippen LogP contribution in [0.15, 0.2) is 73.1 Å². The summed E-state index contributed by atoms with van der Waals surface area (Å²) in [4.78, 5) is 4.71. The van der Waals surface area contributed by atoms with Gasteiger partial charge in [0.1, 0.15) is 5.52 Å². The number of aryl methyl sites for hydroxylation is 3. The van der Waals surface area contributed by atoms with E-state index in [1.165, 1.54) is 16.7 Å². The second-order valence-electron chi connectivity index (χ2n) is 11.7. The van der Waals surface area contributed by atoms with Crippen LogP contribution in [0.2, 0.25) is 0 Å². The van der Waals surface area contributed by atoms with Crippen molar-refractivity contribution in [1.29, 1.82) is 0 Å². The average molecular weight is 550 g/mol. The summed E-state index contributed by atoms with van der Waals surface area (Å²) in [6.45, 7) is 5.70. The number of pyridine rings is 1. The van der Waals surface area contributed by atoms with E-state index in [2.05, 4.69) is 83.3 Å². The molecule has 1 saturated carbocycles. The number of aliphatic hydroxyl groups is 1. The van der Waals surface area contributed by atoms with Crippen molar-refractivity contribution in [1.82, 2.24) is 35.1 Å². The zero-order valence-corrected chi connectivity index (χ0v) is 24.1. The molecule has 1 unspecified atom stereocenters. The van der Waals surface area contributed by atoms with Gasteiger partial charge in [-0.3, -0.25) is 4.68 Å². The molecule has 2 aromatic carbocycles. The Balaban J connectivity index is 1.20. The zero-order chi connectivity index (χ0) is 28.3. The summed E-state index contributed by atoms with van der Waals surface area (Å²) in [5.41, 5.74) is 8.66. The monoisotopic (exact) mass is 549 g/mol. The number of nitrogens with zero attached hydrogens (tertiary/aromatic N) is 6. The predicted octanol–water partition coefficient (Wildman–Crippen LogP) is 4.72. The van der Waals surface area contributed by atoms with Crippen molar-refractivity contribution in [2.75, 3.05) is 6.54 Å². The van der Waals surface area contributed by atoms with Gasteiger partial charge in [0.25, 0.3) is 0 Å². The van der Waals surface area contributed by atoms with Crippen LogP contribution < -0.4 is 5.32 Å². The normalized spacial score (nSPS) is 19.7. The maximum Gasteiger partial charge on any atom is 0.178 e. The third kappa shape index (κ3) is 6.24. The Bertz CT molecular complexity index is 1610. The lowest BCUT2D eigenvalue weighted by atomic mass is 9.89. The highest BCUT2D eigenvalue weighted by molar-refractivity contribution is 5.75. The highest BCUT2D eigenvalue weighted by Crippen LogP contribution is 2.33. The van der Waals surface area contributed by atoms with Crippen LogP contribution in [0.4, 0.5) is 0 Å². The van der Waals surface area contributed by atoms with Crippen LogP contribution in [0.1, 0.15) is 58.7 Å². The molecule has 3 aromatic heterocycles. The first kappa shape index (κ1) is 27.3. The van der Waals surface area contributed by atoms with Crippen molar-refractivity contribution >= 4 is 11.2 Å². The lowest BCUT2D eigenvalue weighted by molar-refractivity contribution is 0.131. The van der Waals surface area contributed by atoms with Crippen LogP contribution in [0.3, 0.4) is 0 Å².